The Morgan fingerprint density at radius 2 is 1.94 bits per heavy atom. The monoisotopic (exact) mass is 461 g/mol. The number of hydrogen-bond acceptors (Lipinski definition) is 5. The summed E-state index contributed by atoms with van der Waals surface area (Å²) in [5.74, 6) is 0.691. The third kappa shape index (κ3) is 5.31. The van der Waals surface area contributed by atoms with Crippen LogP contribution in [0.1, 0.15) is 44.0 Å². The third-order valence-electron chi connectivity index (χ3n) is 5.54. The first-order valence-electron chi connectivity index (χ1n) is 11.1. The molecule has 1 saturated heterocycles. The molecule has 0 bridgehead atoms. The van der Waals surface area contributed by atoms with Gasteiger partial charge in [0.05, 0.1) is 24.0 Å². The summed E-state index contributed by atoms with van der Waals surface area (Å²) >= 11 is 1.37. The van der Waals surface area contributed by atoms with Crippen LogP contribution in [0.3, 0.4) is 0 Å². The van der Waals surface area contributed by atoms with Crippen LogP contribution in [-0.4, -0.2) is 34.8 Å². The fraction of sp³-hybridized carbons (Fsp3) is 0.269. The van der Waals surface area contributed by atoms with E-state index in [1.165, 1.54) is 18.3 Å². The molecule has 1 aromatic heterocycles. The number of rotatable bonds is 7. The number of benzene rings is 2. The Bertz CT molecular complexity index is 1130. The second kappa shape index (κ2) is 10.4. The van der Waals surface area contributed by atoms with Crippen molar-refractivity contribution in [1.82, 2.24) is 9.88 Å². The number of para-hydroxylation sites is 1. The summed E-state index contributed by atoms with van der Waals surface area (Å²) in [5.41, 5.74) is 2.54. The molecule has 0 N–H and O–H groups in total. The zero-order valence-corrected chi connectivity index (χ0v) is 19.6. The molecule has 1 atom stereocenters. The first-order chi connectivity index (χ1) is 16.1. The minimum absolute atomic E-state index is 0.0348. The van der Waals surface area contributed by atoms with Gasteiger partial charge in [-0.1, -0.05) is 30.3 Å². The summed E-state index contributed by atoms with van der Waals surface area (Å²) in [7, 11) is 0. The Hall–Kier alpha value is -3.45. The van der Waals surface area contributed by atoms with Gasteiger partial charge in [-0.15, -0.1) is 11.3 Å². The van der Waals surface area contributed by atoms with Gasteiger partial charge in [0, 0.05) is 24.9 Å². The normalized spacial score (nSPS) is 15.7. The van der Waals surface area contributed by atoms with Gasteiger partial charge in [0.1, 0.15) is 5.75 Å². The quantitative estimate of drug-likeness (QED) is 0.430. The van der Waals surface area contributed by atoms with Gasteiger partial charge in [0.25, 0.3) is 0 Å². The molecule has 2 heterocycles. The molecule has 1 fully saturated rings. The zero-order chi connectivity index (χ0) is 23.2. The van der Waals surface area contributed by atoms with E-state index in [0.717, 1.165) is 36.4 Å². The van der Waals surface area contributed by atoms with Crippen molar-refractivity contribution in [3.8, 4) is 5.75 Å². The molecule has 0 spiro atoms. The molecule has 3 aromatic rings. The predicted octanol–water partition coefficient (Wildman–Crippen LogP) is 5.60. The lowest BCUT2D eigenvalue weighted by Gasteiger charge is -2.24. The number of carbonyl (C=O) groups is 2. The predicted molar refractivity (Wildman–Crippen MR) is 132 cm³/mol. The van der Waals surface area contributed by atoms with E-state index in [1.807, 2.05) is 71.8 Å². The molecule has 0 saturated carbocycles. The highest BCUT2D eigenvalue weighted by molar-refractivity contribution is 7.14. The summed E-state index contributed by atoms with van der Waals surface area (Å²) in [6, 6.07) is 17.5. The molecule has 170 valence electrons. The maximum atomic E-state index is 13.0. The summed E-state index contributed by atoms with van der Waals surface area (Å²) < 4.78 is 5.52. The van der Waals surface area contributed by atoms with Crippen LogP contribution in [0.2, 0.25) is 0 Å². The number of thiazole rings is 1. The topological polar surface area (TPSA) is 62.7 Å². The van der Waals surface area contributed by atoms with E-state index < -0.39 is 0 Å². The van der Waals surface area contributed by atoms with Gasteiger partial charge in [-0.2, -0.15) is 0 Å². The molecule has 2 amide bonds. The van der Waals surface area contributed by atoms with E-state index in [-0.39, 0.29) is 17.9 Å². The van der Waals surface area contributed by atoms with Crippen molar-refractivity contribution in [2.24, 2.45) is 0 Å². The molecule has 7 heteroatoms. The maximum Gasteiger partial charge on any atom is 0.247 e. The van der Waals surface area contributed by atoms with Crippen molar-refractivity contribution >= 4 is 40.0 Å². The summed E-state index contributed by atoms with van der Waals surface area (Å²) in [4.78, 5) is 33.2. The lowest BCUT2D eigenvalue weighted by atomic mass is 10.0. The minimum atomic E-state index is -0.114. The second-order valence-corrected chi connectivity index (χ2v) is 8.61. The number of carbonyl (C=O) groups excluding carboxylic acids is 2. The van der Waals surface area contributed by atoms with Gasteiger partial charge in [-0.3, -0.25) is 14.5 Å². The highest BCUT2D eigenvalue weighted by Crippen LogP contribution is 2.33. The van der Waals surface area contributed by atoms with E-state index >= 15 is 0 Å². The van der Waals surface area contributed by atoms with Crippen LogP contribution in [0.15, 0.2) is 66.1 Å². The highest BCUT2D eigenvalue weighted by Gasteiger charge is 2.28. The van der Waals surface area contributed by atoms with E-state index in [0.29, 0.717) is 17.4 Å². The van der Waals surface area contributed by atoms with Crippen molar-refractivity contribution in [2.45, 2.75) is 32.7 Å². The minimum Gasteiger partial charge on any atom is -0.494 e. The number of likely N-dealkylation sites (tertiary alicyclic amines) is 1. The van der Waals surface area contributed by atoms with Crippen LogP contribution in [0, 0.1) is 0 Å². The molecule has 0 radical (unpaired) electrons. The van der Waals surface area contributed by atoms with Crippen LogP contribution >= 0.6 is 11.3 Å². The number of nitrogens with zero attached hydrogens (tertiary/aromatic N) is 3. The summed E-state index contributed by atoms with van der Waals surface area (Å²) in [6.45, 7) is 4.84. The van der Waals surface area contributed by atoms with Crippen molar-refractivity contribution in [3.05, 3.63) is 77.3 Å². The van der Waals surface area contributed by atoms with Crippen LogP contribution < -0.4 is 9.64 Å². The smallest absolute Gasteiger partial charge is 0.247 e. The van der Waals surface area contributed by atoms with Gasteiger partial charge in [0.2, 0.25) is 11.8 Å². The molecule has 1 aliphatic rings. The Morgan fingerprint density at radius 1 is 1.18 bits per heavy atom. The summed E-state index contributed by atoms with van der Waals surface area (Å²) in [6.07, 6.45) is 5.22. The van der Waals surface area contributed by atoms with Crippen LogP contribution in [0.5, 0.6) is 5.75 Å². The molecule has 1 aliphatic heterocycles. The van der Waals surface area contributed by atoms with Crippen LogP contribution in [-0.2, 0) is 9.59 Å². The van der Waals surface area contributed by atoms with E-state index in [9.17, 15) is 9.59 Å². The Kier molecular flexibility index (Phi) is 7.19. The van der Waals surface area contributed by atoms with Gasteiger partial charge < -0.3 is 9.64 Å². The SMILES string of the molecule is CCOc1ccc(C2CCCN2C(=O)C=Cc2csc(N(C(C)=O)c3ccccc3)n2)cc1. The van der Waals surface area contributed by atoms with Crippen molar-refractivity contribution in [1.29, 1.82) is 0 Å². The largest absolute Gasteiger partial charge is 0.494 e. The van der Waals surface area contributed by atoms with Gasteiger partial charge in [0.15, 0.2) is 5.13 Å². The Labute approximate surface area is 198 Å². The molecule has 6 nitrogen and oxygen atoms in total. The number of hydrogen-bond donors (Lipinski definition) is 0. The molecule has 0 aliphatic carbocycles. The number of anilines is 2. The Morgan fingerprint density at radius 3 is 2.64 bits per heavy atom. The number of aromatic nitrogens is 1. The lowest BCUT2D eigenvalue weighted by Crippen LogP contribution is -2.28. The van der Waals surface area contributed by atoms with Crippen molar-refractivity contribution in [2.75, 3.05) is 18.1 Å². The fourth-order valence-electron chi connectivity index (χ4n) is 4.04. The standard InChI is InChI=1S/C26H27N3O3S/c1-3-32-23-14-11-20(12-15-23)24-10-7-17-28(24)25(31)16-13-21-18-33-26(27-21)29(19(2)30)22-8-5-4-6-9-22/h4-6,8-9,11-16,18,24H,3,7,10,17H2,1-2H3. The van der Waals surface area contributed by atoms with Crippen LogP contribution in [0.4, 0.5) is 10.8 Å². The zero-order valence-electron chi connectivity index (χ0n) is 18.8. The first kappa shape index (κ1) is 22.7. The number of ether oxygens (including phenoxy) is 1. The lowest BCUT2D eigenvalue weighted by molar-refractivity contribution is -0.126. The molecule has 1 unspecified atom stereocenters. The van der Waals surface area contributed by atoms with Gasteiger partial charge in [-0.25, -0.2) is 4.98 Å². The molecule has 33 heavy (non-hydrogen) atoms. The number of amides is 2. The highest BCUT2D eigenvalue weighted by atomic mass is 32.1. The second-order valence-electron chi connectivity index (χ2n) is 7.77. The van der Waals surface area contributed by atoms with Crippen molar-refractivity contribution < 1.29 is 14.3 Å². The molecular formula is C26H27N3O3S. The first-order valence-corrected chi connectivity index (χ1v) is 12.0. The molecule has 4 rings (SSSR count). The Balaban J connectivity index is 1.46. The third-order valence-corrected chi connectivity index (χ3v) is 6.38. The molecular weight excluding hydrogens is 434 g/mol. The van der Waals surface area contributed by atoms with Gasteiger partial charge in [-0.05, 0) is 55.7 Å². The van der Waals surface area contributed by atoms with E-state index in [1.54, 1.807) is 17.1 Å². The molecule has 2 aromatic carbocycles. The summed E-state index contributed by atoms with van der Waals surface area (Å²) in [5, 5.41) is 2.43. The van der Waals surface area contributed by atoms with Crippen molar-refractivity contribution in [3.63, 3.8) is 0 Å². The van der Waals surface area contributed by atoms with E-state index in [4.69, 9.17) is 4.74 Å². The average Bonchev–Trinajstić information content (AvgIpc) is 3.49. The fourth-order valence-corrected chi connectivity index (χ4v) is 4.90. The van der Waals surface area contributed by atoms with Gasteiger partial charge >= 0.3 is 0 Å². The van der Waals surface area contributed by atoms with E-state index in [2.05, 4.69) is 4.98 Å². The average molecular weight is 462 g/mol. The van der Waals surface area contributed by atoms with Crippen LogP contribution in [0.25, 0.3) is 6.08 Å². The maximum absolute atomic E-state index is 13.0.